The van der Waals surface area contributed by atoms with Gasteiger partial charge in [-0.1, -0.05) is 36.4 Å². The van der Waals surface area contributed by atoms with Crippen LogP contribution in [-0.4, -0.2) is 6.09 Å². The monoisotopic (exact) mass is 186 g/mol. The lowest BCUT2D eigenvalue weighted by atomic mass is 10.1. The maximum absolute atomic E-state index is 10.4. The van der Waals surface area contributed by atoms with Crippen molar-refractivity contribution in [3.63, 3.8) is 0 Å². The standard InChI is InChI=1S/C11H9NO2/c13-11(14)12-10-7-3-5-8-4-1-2-6-9(8)10/h1-7,12H,(H,13,14)/p-1. The number of fused-ring (bicyclic) bond motifs is 1. The Hall–Kier alpha value is -2.03. The minimum absolute atomic E-state index is 0.558. The molecule has 1 amide bonds. The zero-order valence-electron chi connectivity index (χ0n) is 7.36. The third-order valence-corrected chi connectivity index (χ3v) is 2.03. The Morgan fingerprint density at radius 3 is 2.57 bits per heavy atom. The van der Waals surface area contributed by atoms with Gasteiger partial charge in [0, 0.05) is 11.1 Å². The Kier molecular flexibility index (Phi) is 2.07. The topological polar surface area (TPSA) is 52.2 Å². The van der Waals surface area contributed by atoms with Gasteiger partial charge in [0.1, 0.15) is 6.09 Å². The van der Waals surface area contributed by atoms with E-state index in [0.717, 1.165) is 10.8 Å². The van der Waals surface area contributed by atoms with E-state index in [-0.39, 0.29) is 0 Å². The van der Waals surface area contributed by atoms with E-state index in [2.05, 4.69) is 5.32 Å². The molecule has 2 aromatic carbocycles. The van der Waals surface area contributed by atoms with Gasteiger partial charge in [0.25, 0.3) is 0 Å². The van der Waals surface area contributed by atoms with Crippen molar-refractivity contribution in [2.45, 2.75) is 0 Å². The second kappa shape index (κ2) is 3.38. The van der Waals surface area contributed by atoms with E-state index >= 15 is 0 Å². The Bertz CT molecular complexity index is 474. The van der Waals surface area contributed by atoms with Crippen LogP contribution in [0.25, 0.3) is 10.8 Å². The molecule has 0 saturated heterocycles. The van der Waals surface area contributed by atoms with E-state index in [1.54, 1.807) is 12.1 Å². The molecule has 0 atom stereocenters. The number of benzene rings is 2. The van der Waals surface area contributed by atoms with Crippen molar-refractivity contribution in [1.82, 2.24) is 0 Å². The van der Waals surface area contributed by atoms with E-state index in [4.69, 9.17) is 0 Å². The summed E-state index contributed by atoms with van der Waals surface area (Å²) in [6.45, 7) is 0. The van der Waals surface area contributed by atoms with E-state index < -0.39 is 6.09 Å². The highest BCUT2D eigenvalue weighted by atomic mass is 16.4. The van der Waals surface area contributed by atoms with Gasteiger partial charge in [0.15, 0.2) is 0 Å². The molecule has 0 aliphatic carbocycles. The summed E-state index contributed by atoms with van der Waals surface area (Å²) < 4.78 is 0. The van der Waals surface area contributed by atoms with E-state index in [1.807, 2.05) is 30.3 Å². The summed E-state index contributed by atoms with van der Waals surface area (Å²) in [6.07, 6.45) is -1.29. The lowest BCUT2D eigenvalue weighted by Crippen LogP contribution is -2.28. The van der Waals surface area contributed by atoms with Crippen LogP contribution >= 0.6 is 0 Å². The summed E-state index contributed by atoms with van der Waals surface area (Å²) in [5.41, 5.74) is 0.558. The first-order chi connectivity index (χ1) is 6.77. The highest BCUT2D eigenvalue weighted by molar-refractivity contribution is 5.99. The Morgan fingerprint density at radius 1 is 1.07 bits per heavy atom. The first-order valence-electron chi connectivity index (χ1n) is 4.23. The van der Waals surface area contributed by atoms with Crippen LogP contribution in [0.3, 0.4) is 0 Å². The molecule has 70 valence electrons. The molecule has 2 aromatic rings. The molecular formula is C11H8NO2-. The van der Waals surface area contributed by atoms with E-state index in [1.165, 1.54) is 0 Å². The fourth-order valence-electron chi connectivity index (χ4n) is 1.44. The minimum Gasteiger partial charge on any atom is -0.530 e. The van der Waals surface area contributed by atoms with Crippen LogP contribution in [0, 0.1) is 0 Å². The van der Waals surface area contributed by atoms with Crippen LogP contribution in [0.15, 0.2) is 42.5 Å². The summed E-state index contributed by atoms with van der Waals surface area (Å²) in [7, 11) is 0. The zero-order chi connectivity index (χ0) is 9.97. The number of carboxylic acid groups (broad SMARTS) is 1. The normalized spacial score (nSPS) is 10.0. The number of anilines is 1. The van der Waals surface area contributed by atoms with Crippen molar-refractivity contribution in [2.75, 3.05) is 5.32 Å². The third-order valence-electron chi connectivity index (χ3n) is 2.03. The maximum Gasteiger partial charge on any atom is 0.138 e. The van der Waals surface area contributed by atoms with Gasteiger partial charge in [-0.25, -0.2) is 0 Å². The first-order valence-corrected chi connectivity index (χ1v) is 4.23. The molecular weight excluding hydrogens is 178 g/mol. The van der Waals surface area contributed by atoms with Gasteiger partial charge in [0.05, 0.1) is 0 Å². The molecule has 14 heavy (non-hydrogen) atoms. The number of carbonyl (C=O) groups excluding carboxylic acids is 1. The molecule has 0 saturated carbocycles. The van der Waals surface area contributed by atoms with Crippen LogP contribution < -0.4 is 10.4 Å². The molecule has 0 aliphatic rings. The number of amides is 1. The fourth-order valence-corrected chi connectivity index (χ4v) is 1.44. The van der Waals surface area contributed by atoms with E-state index in [0.29, 0.717) is 5.69 Å². The average molecular weight is 186 g/mol. The van der Waals surface area contributed by atoms with Crippen LogP contribution in [0.1, 0.15) is 0 Å². The van der Waals surface area contributed by atoms with Gasteiger partial charge >= 0.3 is 0 Å². The molecule has 2 rings (SSSR count). The quantitative estimate of drug-likeness (QED) is 0.735. The third kappa shape index (κ3) is 1.52. The largest absolute Gasteiger partial charge is 0.530 e. The van der Waals surface area contributed by atoms with Gasteiger partial charge in [0.2, 0.25) is 0 Å². The number of hydrogen-bond donors (Lipinski definition) is 1. The van der Waals surface area contributed by atoms with Crippen LogP contribution in [-0.2, 0) is 0 Å². The van der Waals surface area contributed by atoms with Gasteiger partial charge in [-0.3, -0.25) is 0 Å². The Morgan fingerprint density at radius 2 is 1.79 bits per heavy atom. The summed E-state index contributed by atoms with van der Waals surface area (Å²) in [5.74, 6) is 0. The molecule has 0 unspecified atom stereocenters. The first kappa shape index (κ1) is 8.56. The van der Waals surface area contributed by atoms with Gasteiger partial charge in [-0.05, 0) is 11.5 Å². The van der Waals surface area contributed by atoms with Crippen molar-refractivity contribution in [1.29, 1.82) is 0 Å². The highest BCUT2D eigenvalue weighted by Gasteiger charge is 1.98. The summed E-state index contributed by atoms with van der Waals surface area (Å²) in [5, 5.41) is 14.5. The van der Waals surface area contributed by atoms with Gasteiger partial charge in [-0.15, -0.1) is 0 Å². The minimum atomic E-state index is -1.29. The maximum atomic E-state index is 10.4. The highest BCUT2D eigenvalue weighted by Crippen LogP contribution is 2.22. The van der Waals surface area contributed by atoms with Crippen LogP contribution in [0.5, 0.6) is 0 Å². The van der Waals surface area contributed by atoms with Crippen LogP contribution in [0.4, 0.5) is 10.5 Å². The molecule has 0 radical (unpaired) electrons. The van der Waals surface area contributed by atoms with Crippen LogP contribution in [0.2, 0.25) is 0 Å². The lowest BCUT2D eigenvalue weighted by molar-refractivity contribution is -0.242. The second-order valence-corrected chi connectivity index (χ2v) is 2.94. The molecule has 0 bridgehead atoms. The summed E-state index contributed by atoms with van der Waals surface area (Å²) in [6, 6.07) is 13.0. The molecule has 0 heterocycles. The number of nitrogens with one attached hydrogen (secondary N) is 1. The predicted molar refractivity (Wildman–Crippen MR) is 53.0 cm³/mol. The average Bonchev–Trinajstić information content (AvgIpc) is 2.18. The lowest BCUT2D eigenvalue weighted by Gasteiger charge is -2.09. The molecule has 0 aromatic heterocycles. The van der Waals surface area contributed by atoms with Crippen molar-refractivity contribution >= 4 is 22.6 Å². The molecule has 3 heteroatoms. The van der Waals surface area contributed by atoms with Crippen molar-refractivity contribution < 1.29 is 9.90 Å². The second-order valence-electron chi connectivity index (χ2n) is 2.94. The summed E-state index contributed by atoms with van der Waals surface area (Å²) in [4.78, 5) is 10.4. The molecule has 1 N–H and O–H groups in total. The SMILES string of the molecule is O=C([O-])Nc1cccc2ccccc12. The Balaban J connectivity index is 2.59. The van der Waals surface area contributed by atoms with Crippen molar-refractivity contribution in [3.05, 3.63) is 42.5 Å². The molecule has 0 spiro atoms. The van der Waals surface area contributed by atoms with Crippen molar-refractivity contribution in [2.24, 2.45) is 0 Å². The molecule has 0 fully saturated rings. The Labute approximate surface area is 81.0 Å². The number of rotatable bonds is 1. The van der Waals surface area contributed by atoms with E-state index in [9.17, 15) is 9.90 Å². The van der Waals surface area contributed by atoms with Gasteiger partial charge < -0.3 is 15.2 Å². The molecule has 3 nitrogen and oxygen atoms in total. The fraction of sp³-hybridized carbons (Fsp3) is 0. The van der Waals surface area contributed by atoms with Gasteiger partial charge in [-0.2, -0.15) is 0 Å². The molecule has 0 aliphatic heterocycles. The smallest absolute Gasteiger partial charge is 0.138 e. The zero-order valence-corrected chi connectivity index (χ0v) is 7.36. The number of hydrogen-bond acceptors (Lipinski definition) is 2. The number of carbonyl (C=O) groups is 1. The summed E-state index contributed by atoms with van der Waals surface area (Å²) >= 11 is 0. The van der Waals surface area contributed by atoms with Crippen molar-refractivity contribution in [3.8, 4) is 0 Å². The predicted octanol–water partition coefficient (Wildman–Crippen LogP) is 1.59.